The van der Waals surface area contributed by atoms with E-state index in [4.69, 9.17) is 14.2 Å². The highest BCUT2D eigenvalue weighted by Gasteiger charge is 2.33. The molecule has 4 rings (SSSR count). The molecule has 0 aliphatic carbocycles. The average molecular weight is 546 g/mol. The highest BCUT2D eigenvalue weighted by atomic mass is 16.6. The second-order valence-corrected chi connectivity index (χ2v) is 10.2. The number of imidazole rings is 1. The lowest BCUT2D eigenvalue weighted by molar-refractivity contribution is -0.169. The third-order valence-corrected chi connectivity index (χ3v) is 6.04. The van der Waals surface area contributed by atoms with Crippen LogP contribution in [0.4, 0.5) is 0 Å². The van der Waals surface area contributed by atoms with Gasteiger partial charge in [-0.1, -0.05) is 42.5 Å². The van der Waals surface area contributed by atoms with Crippen LogP contribution in [0.1, 0.15) is 31.9 Å². The molecule has 2 heterocycles. The van der Waals surface area contributed by atoms with E-state index in [1.54, 1.807) is 63.4 Å². The Morgan fingerprint density at radius 1 is 0.900 bits per heavy atom. The van der Waals surface area contributed by atoms with Crippen LogP contribution >= 0.6 is 0 Å². The number of methoxy groups -OCH3 is 1. The van der Waals surface area contributed by atoms with Gasteiger partial charge in [-0.05, 0) is 62.6 Å². The van der Waals surface area contributed by atoms with Crippen molar-refractivity contribution in [3.63, 3.8) is 0 Å². The van der Waals surface area contributed by atoms with Gasteiger partial charge in [0.1, 0.15) is 18.8 Å². The monoisotopic (exact) mass is 545 g/mol. The number of hydrogen-bond acceptors (Lipinski definition) is 8. The molecule has 10 heteroatoms. The summed E-state index contributed by atoms with van der Waals surface area (Å²) < 4.78 is 18.4. The minimum Gasteiger partial charge on any atom is -0.468 e. The van der Waals surface area contributed by atoms with Crippen LogP contribution in [0, 0.1) is 5.92 Å². The topological polar surface area (TPSA) is 119 Å². The van der Waals surface area contributed by atoms with E-state index in [1.807, 2.05) is 30.3 Å². The number of rotatable bonds is 9. The van der Waals surface area contributed by atoms with E-state index in [0.29, 0.717) is 22.4 Å². The molecule has 0 N–H and O–H groups in total. The molecule has 208 valence electrons. The van der Waals surface area contributed by atoms with E-state index in [0.717, 1.165) is 5.56 Å². The fourth-order valence-corrected chi connectivity index (χ4v) is 4.15. The molecular formula is C30H31N3O7. The van der Waals surface area contributed by atoms with Crippen molar-refractivity contribution in [3.8, 4) is 5.69 Å². The summed E-state index contributed by atoms with van der Waals surface area (Å²) in [5, 5.41) is 0. The predicted molar refractivity (Wildman–Crippen MR) is 147 cm³/mol. The molecule has 0 radical (unpaired) electrons. The number of ether oxygens (including phenoxy) is 3. The number of pyridine rings is 1. The van der Waals surface area contributed by atoms with Gasteiger partial charge in [0.05, 0.1) is 18.3 Å². The maximum atomic E-state index is 13.3. The summed E-state index contributed by atoms with van der Waals surface area (Å²) in [6.07, 6.45) is 1.60. The first kappa shape index (κ1) is 28.3. The van der Waals surface area contributed by atoms with Crippen LogP contribution in [0.25, 0.3) is 16.9 Å². The van der Waals surface area contributed by atoms with Crippen molar-refractivity contribution in [2.24, 2.45) is 5.92 Å². The normalized spacial score (nSPS) is 12.1. The minimum absolute atomic E-state index is 0.0312. The van der Waals surface area contributed by atoms with Gasteiger partial charge in [0.15, 0.2) is 11.6 Å². The Morgan fingerprint density at radius 3 is 2.25 bits per heavy atom. The van der Waals surface area contributed by atoms with Gasteiger partial charge in [-0.25, -0.2) is 14.3 Å². The van der Waals surface area contributed by atoms with Crippen molar-refractivity contribution in [3.05, 3.63) is 94.5 Å². The zero-order valence-corrected chi connectivity index (χ0v) is 22.8. The van der Waals surface area contributed by atoms with Gasteiger partial charge in [-0.15, -0.1) is 0 Å². The van der Waals surface area contributed by atoms with Crippen molar-refractivity contribution in [1.29, 1.82) is 0 Å². The van der Waals surface area contributed by atoms with Crippen molar-refractivity contribution in [1.82, 2.24) is 14.1 Å². The Kier molecular flexibility index (Phi) is 8.47. The highest BCUT2D eigenvalue weighted by molar-refractivity contribution is 5.95. The summed E-state index contributed by atoms with van der Waals surface area (Å²) in [7, 11) is 1.26. The molecule has 40 heavy (non-hydrogen) atoms. The molecule has 0 amide bonds. The smallest absolute Gasteiger partial charge is 0.335 e. The zero-order valence-electron chi connectivity index (χ0n) is 22.8. The first-order chi connectivity index (χ1) is 19.1. The number of carbonyl (C=O) groups is 3. The van der Waals surface area contributed by atoms with E-state index in [9.17, 15) is 19.2 Å². The van der Waals surface area contributed by atoms with Gasteiger partial charge in [0.25, 0.3) is 0 Å². The number of esters is 3. The Bertz CT molecular complexity index is 1570. The molecule has 10 nitrogen and oxygen atoms in total. The molecule has 0 fully saturated rings. The van der Waals surface area contributed by atoms with Crippen LogP contribution in [0.3, 0.4) is 0 Å². The lowest BCUT2D eigenvalue weighted by Gasteiger charge is -2.23. The number of fused-ring (bicyclic) bond motifs is 1. The van der Waals surface area contributed by atoms with Crippen molar-refractivity contribution < 1.29 is 28.6 Å². The third kappa shape index (κ3) is 6.63. The standard InChI is InChI=1S/C30H31N3O7/c1-30(2,3)40-28(36)23(27(35)39-19-21-9-6-5-7-10-21)17-20-12-14-22(15-13-20)33-26-24(11-8-16-31-26)32(29(33)37)18-25(34)38-4/h5-16,23H,17-19H2,1-4H3/t23-/m1/s1. The Balaban J connectivity index is 1.60. The van der Waals surface area contributed by atoms with Crippen LogP contribution in [-0.2, 0) is 48.2 Å². The molecule has 2 aromatic carbocycles. The second kappa shape index (κ2) is 12.0. The maximum absolute atomic E-state index is 13.3. The van der Waals surface area contributed by atoms with Crippen LogP contribution < -0.4 is 5.69 Å². The Hall–Kier alpha value is -4.73. The summed E-state index contributed by atoms with van der Waals surface area (Å²) in [6.45, 7) is 4.96. The third-order valence-electron chi connectivity index (χ3n) is 6.04. The average Bonchev–Trinajstić information content (AvgIpc) is 3.21. The Labute approximate surface area is 231 Å². The van der Waals surface area contributed by atoms with E-state index >= 15 is 0 Å². The lowest BCUT2D eigenvalue weighted by atomic mass is 9.98. The molecular weight excluding hydrogens is 514 g/mol. The van der Waals surface area contributed by atoms with Gasteiger partial charge in [0, 0.05) is 6.20 Å². The molecule has 4 aromatic rings. The van der Waals surface area contributed by atoms with Gasteiger partial charge in [-0.3, -0.25) is 19.0 Å². The van der Waals surface area contributed by atoms with Gasteiger partial charge in [0.2, 0.25) is 0 Å². The van der Waals surface area contributed by atoms with Gasteiger partial charge >= 0.3 is 23.6 Å². The molecule has 0 saturated heterocycles. The number of carbonyl (C=O) groups excluding carboxylic acids is 3. The summed E-state index contributed by atoms with van der Waals surface area (Å²) in [4.78, 5) is 55.5. The number of aromatic nitrogens is 3. The molecule has 0 spiro atoms. The van der Waals surface area contributed by atoms with E-state index in [1.165, 1.54) is 16.2 Å². The Morgan fingerprint density at radius 2 is 1.60 bits per heavy atom. The van der Waals surface area contributed by atoms with E-state index in [-0.39, 0.29) is 19.6 Å². The fraction of sp³-hybridized carbons (Fsp3) is 0.300. The molecule has 1 atom stereocenters. The number of nitrogens with zero attached hydrogens (tertiary/aromatic N) is 3. The predicted octanol–water partition coefficient (Wildman–Crippen LogP) is 3.60. The lowest BCUT2D eigenvalue weighted by Crippen LogP contribution is -2.35. The highest BCUT2D eigenvalue weighted by Crippen LogP contribution is 2.21. The fourth-order valence-electron chi connectivity index (χ4n) is 4.15. The van der Waals surface area contributed by atoms with Gasteiger partial charge < -0.3 is 14.2 Å². The first-order valence-electron chi connectivity index (χ1n) is 12.7. The molecule has 0 aliphatic heterocycles. The van der Waals surface area contributed by atoms with Gasteiger partial charge in [-0.2, -0.15) is 0 Å². The van der Waals surface area contributed by atoms with Crippen molar-refractivity contribution >= 4 is 29.1 Å². The van der Waals surface area contributed by atoms with Crippen LogP contribution in [-0.4, -0.2) is 44.7 Å². The van der Waals surface area contributed by atoms with Crippen LogP contribution in [0.15, 0.2) is 77.7 Å². The van der Waals surface area contributed by atoms with Crippen molar-refractivity contribution in [2.45, 2.75) is 45.9 Å². The van der Waals surface area contributed by atoms with E-state index in [2.05, 4.69) is 4.98 Å². The molecule has 0 saturated carbocycles. The SMILES string of the molecule is COC(=O)Cn1c(=O)n(-c2ccc(C[C@H](C(=O)OCc3ccccc3)C(=O)OC(C)(C)C)cc2)c2ncccc21. The molecule has 0 unspecified atom stereocenters. The zero-order chi connectivity index (χ0) is 28.9. The molecule has 0 aliphatic rings. The summed E-state index contributed by atoms with van der Waals surface area (Å²) in [5.74, 6) is -3.11. The minimum atomic E-state index is -1.18. The van der Waals surface area contributed by atoms with Crippen LogP contribution in [0.5, 0.6) is 0 Å². The maximum Gasteiger partial charge on any atom is 0.335 e. The summed E-state index contributed by atoms with van der Waals surface area (Å²) in [5.41, 5.74) is 1.58. The second-order valence-electron chi connectivity index (χ2n) is 10.2. The van der Waals surface area contributed by atoms with E-state index < -0.39 is 35.1 Å². The molecule has 2 aromatic heterocycles. The van der Waals surface area contributed by atoms with Crippen LogP contribution in [0.2, 0.25) is 0 Å². The quantitative estimate of drug-likeness (QED) is 0.178. The summed E-state index contributed by atoms with van der Waals surface area (Å²) in [6, 6.07) is 19.4. The number of hydrogen-bond donors (Lipinski definition) is 0. The molecule has 0 bridgehead atoms. The largest absolute Gasteiger partial charge is 0.468 e. The summed E-state index contributed by atoms with van der Waals surface area (Å²) >= 11 is 0. The first-order valence-corrected chi connectivity index (χ1v) is 12.7. The number of benzene rings is 2. The van der Waals surface area contributed by atoms with Crippen molar-refractivity contribution in [2.75, 3.05) is 7.11 Å².